The Balaban J connectivity index is 1.83. The number of rotatable bonds is 4. The van der Waals surface area contributed by atoms with Crippen molar-refractivity contribution in [2.45, 2.75) is 24.9 Å². The zero-order chi connectivity index (χ0) is 19.1. The number of nitrogens with two attached hydrogens (primary N) is 1. The number of anilines is 1. The van der Waals surface area contributed by atoms with E-state index in [0.29, 0.717) is 12.1 Å². The molecule has 4 unspecified atom stereocenters. The minimum Gasteiger partial charge on any atom is -0.394 e. The fourth-order valence-corrected chi connectivity index (χ4v) is 4.21. The van der Waals surface area contributed by atoms with E-state index in [0.717, 1.165) is 11.3 Å². The van der Waals surface area contributed by atoms with Gasteiger partial charge in [-0.05, 0) is 18.6 Å². The molecule has 4 rings (SSSR count). The molecule has 0 spiro atoms. The van der Waals surface area contributed by atoms with Crippen LogP contribution in [0.15, 0.2) is 34.0 Å². The number of aliphatic hydroxyl groups excluding tert-OH is 2. The van der Waals surface area contributed by atoms with Gasteiger partial charge in [0.1, 0.15) is 17.0 Å². The Bertz CT molecular complexity index is 1080. The van der Waals surface area contributed by atoms with Gasteiger partial charge in [-0.15, -0.1) is 0 Å². The van der Waals surface area contributed by atoms with Crippen molar-refractivity contribution < 1.29 is 14.9 Å². The van der Waals surface area contributed by atoms with Crippen LogP contribution in [0.5, 0.6) is 0 Å². The molecule has 0 aliphatic carbocycles. The van der Waals surface area contributed by atoms with Crippen LogP contribution < -0.4 is 16.2 Å². The van der Waals surface area contributed by atoms with Crippen molar-refractivity contribution in [2.24, 2.45) is 5.92 Å². The molecule has 0 radical (unpaired) electrons. The first-order valence-electron chi connectivity index (χ1n) is 8.25. The number of nitrogens with zero attached hydrogens (tertiary/aromatic N) is 3. The summed E-state index contributed by atoms with van der Waals surface area (Å²) in [5.74, 6) is -0.701. The molecule has 4 heterocycles. The number of aromatic nitrogens is 4. The fourth-order valence-electron chi connectivity index (χ4n) is 3.37. The van der Waals surface area contributed by atoms with Crippen LogP contribution in [0.2, 0.25) is 0 Å². The average Bonchev–Trinajstić information content (AvgIpc) is 3.22. The van der Waals surface area contributed by atoms with Gasteiger partial charge in [0, 0.05) is 12.1 Å². The van der Waals surface area contributed by atoms with Crippen LogP contribution in [0.1, 0.15) is 24.4 Å². The lowest BCUT2D eigenvalue weighted by Gasteiger charge is -2.24. The van der Waals surface area contributed by atoms with Gasteiger partial charge in [-0.2, -0.15) is 4.98 Å². The number of pyridine rings is 1. The highest BCUT2D eigenvalue weighted by molar-refractivity contribution is 7.16. The standard InChI is InChI=1S/C16H17N5O5S/c17-15-19-12-11(13(24)20-15)27-16(25)21(12)14-8(5-7(6-22)26-14)10(23)9-3-1-2-4-18-9/h1-4,7-8,10,14,22-23H,5-6H2,(H3,17,19,20,24). The molecule has 142 valence electrons. The lowest BCUT2D eigenvalue weighted by molar-refractivity contribution is -0.0504. The monoisotopic (exact) mass is 391 g/mol. The molecule has 3 aromatic rings. The lowest BCUT2D eigenvalue weighted by Crippen LogP contribution is -2.28. The highest BCUT2D eigenvalue weighted by Gasteiger charge is 2.43. The SMILES string of the molecule is Nc1nc2c(sc(=O)n2C2OC(CO)CC2C(O)c2ccccn2)c(=O)[nH]1. The number of fused-ring (bicyclic) bond motifs is 1. The molecule has 10 nitrogen and oxygen atoms in total. The first kappa shape index (κ1) is 17.8. The third-order valence-electron chi connectivity index (χ3n) is 4.58. The van der Waals surface area contributed by atoms with Crippen molar-refractivity contribution >= 4 is 27.6 Å². The van der Waals surface area contributed by atoms with E-state index in [1.54, 1.807) is 24.4 Å². The van der Waals surface area contributed by atoms with Gasteiger partial charge in [0.25, 0.3) is 5.56 Å². The summed E-state index contributed by atoms with van der Waals surface area (Å²) in [5.41, 5.74) is 5.62. The van der Waals surface area contributed by atoms with E-state index in [2.05, 4.69) is 15.0 Å². The van der Waals surface area contributed by atoms with E-state index in [-0.39, 0.29) is 22.9 Å². The summed E-state index contributed by atoms with van der Waals surface area (Å²) in [7, 11) is 0. The Morgan fingerprint density at radius 2 is 2.26 bits per heavy atom. The van der Waals surface area contributed by atoms with Gasteiger partial charge in [0.2, 0.25) is 5.95 Å². The fraction of sp³-hybridized carbons (Fsp3) is 0.375. The summed E-state index contributed by atoms with van der Waals surface area (Å²) in [6.45, 7) is -0.269. The summed E-state index contributed by atoms with van der Waals surface area (Å²) in [5, 5.41) is 20.4. The molecule has 1 fully saturated rings. The number of aromatic amines is 1. The van der Waals surface area contributed by atoms with Gasteiger partial charge in [0.05, 0.1) is 18.4 Å². The van der Waals surface area contributed by atoms with Crippen molar-refractivity contribution in [2.75, 3.05) is 12.3 Å². The van der Waals surface area contributed by atoms with Crippen LogP contribution in [0.3, 0.4) is 0 Å². The second kappa shape index (κ2) is 6.85. The number of nitrogen functional groups attached to an aromatic ring is 1. The van der Waals surface area contributed by atoms with Crippen LogP contribution in [0.25, 0.3) is 10.3 Å². The summed E-state index contributed by atoms with van der Waals surface area (Å²) < 4.78 is 7.16. The van der Waals surface area contributed by atoms with E-state index >= 15 is 0 Å². The predicted octanol–water partition coefficient (Wildman–Crippen LogP) is -0.247. The minimum atomic E-state index is -1.03. The molecule has 0 amide bonds. The number of ether oxygens (including phenoxy) is 1. The first-order valence-corrected chi connectivity index (χ1v) is 9.07. The molecular formula is C16H17N5O5S. The molecule has 0 saturated carbocycles. The van der Waals surface area contributed by atoms with E-state index in [9.17, 15) is 19.8 Å². The molecule has 11 heteroatoms. The zero-order valence-electron chi connectivity index (χ0n) is 14.0. The molecule has 3 aromatic heterocycles. The molecule has 4 atom stereocenters. The average molecular weight is 391 g/mol. The van der Waals surface area contributed by atoms with Gasteiger partial charge in [-0.3, -0.25) is 24.1 Å². The maximum atomic E-state index is 12.6. The normalized spacial score (nSPS) is 23.7. The Morgan fingerprint density at radius 1 is 1.44 bits per heavy atom. The van der Waals surface area contributed by atoms with E-state index in [4.69, 9.17) is 10.5 Å². The summed E-state index contributed by atoms with van der Waals surface area (Å²) in [6, 6.07) is 5.14. The second-order valence-corrected chi connectivity index (χ2v) is 7.23. The third kappa shape index (κ3) is 3.04. The van der Waals surface area contributed by atoms with Gasteiger partial charge < -0.3 is 20.7 Å². The summed E-state index contributed by atoms with van der Waals surface area (Å²) in [4.78, 5) is 34.8. The van der Waals surface area contributed by atoms with Gasteiger partial charge in [-0.1, -0.05) is 17.4 Å². The highest BCUT2D eigenvalue weighted by Crippen LogP contribution is 2.42. The van der Waals surface area contributed by atoms with E-state index < -0.39 is 34.8 Å². The lowest BCUT2D eigenvalue weighted by atomic mass is 9.94. The molecular weight excluding hydrogens is 374 g/mol. The van der Waals surface area contributed by atoms with Gasteiger partial charge in [-0.25, -0.2) is 0 Å². The largest absolute Gasteiger partial charge is 0.394 e. The van der Waals surface area contributed by atoms with Crippen molar-refractivity contribution in [3.63, 3.8) is 0 Å². The van der Waals surface area contributed by atoms with Crippen molar-refractivity contribution in [1.82, 2.24) is 19.5 Å². The number of nitrogens with one attached hydrogen (secondary N) is 1. The highest BCUT2D eigenvalue weighted by atomic mass is 32.1. The van der Waals surface area contributed by atoms with Crippen molar-refractivity contribution in [1.29, 1.82) is 0 Å². The Labute approximate surface area is 155 Å². The minimum absolute atomic E-state index is 0.0908. The van der Waals surface area contributed by atoms with Crippen LogP contribution in [-0.4, -0.2) is 42.4 Å². The summed E-state index contributed by atoms with van der Waals surface area (Å²) >= 11 is 0.725. The van der Waals surface area contributed by atoms with Crippen LogP contribution in [0.4, 0.5) is 5.95 Å². The van der Waals surface area contributed by atoms with Gasteiger partial charge >= 0.3 is 4.87 Å². The predicted molar refractivity (Wildman–Crippen MR) is 97.2 cm³/mol. The first-order chi connectivity index (χ1) is 13.0. The van der Waals surface area contributed by atoms with Crippen LogP contribution in [-0.2, 0) is 4.74 Å². The zero-order valence-corrected chi connectivity index (χ0v) is 14.8. The van der Waals surface area contributed by atoms with E-state index in [1.807, 2.05) is 0 Å². The van der Waals surface area contributed by atoms with Gasteiger partial charge in [0.15, 0.2) is 5.65 Å². The van der Waals surface area contributed by atoms with Crippen molar-refractivity contribution in [3.8, 4) is 0 Å². The maximum absolute atomic E-state index is 12.6. The molecule has 1 aliphatic heterocycles. The molecule has 1 saturated heterocycles. The Morgan fingerprint density at radius 3 is 2.96 bits per heavy atom. The van der Waals surface area contributed by atoms with Crippen LogP contribution in [0, 0.1) is 5.92 Å². The number of hydrogen-bond donors (Lipinski definition) is 4. The van der Waals surface area contributed by atoms with Crippen LogP contribution >= 0.6 is 11.3 Å². The molecule has 0 aromatic carbocycles. The smallest absolute Gasteiger partial charge is 0.311 e. The quantitative estimate of drug-likeness (QED) is 0.474. The molecule has 5 N–H and O–H groups in total. The third-order valence-corrected chi connectivity index (χ3v) is 5.52. The maximum Gasteiger partial charge on any atom is 0.311 e. The Kier molecular flexibility index (Phi) is 4.52. The Hall–Kier alpha value is -2.60. The number of aliphatic hydroxyl groups is 2. The topological polar surface area (TPSA) is 156 Å². The summed E-state index contributed by atoms with van der Waals surface area (Å²) in [6.07, 6.45) is -0.662. The molecule has 1 aliphatic rings. The molecule has 27 heavy (non-hydrogen) atoms. The van der Waals surface area contributed by atoms with E-state index in [1.165, 1.54) is 4.57 Å². The molecule has 0 bridgehead atoms. The number of H-pyrrole nitrogens is 1. The second-order valence-electron chi connectivity index (χ2n) is 6.27. The number of hydrogen-bond acceptors (Lipinski definition) is 9. The van der Waals surface area contributed by atoms with Crippen molar-refractivity contribution in [3.05, 3.63) is 50.1 Å². The number of thiazole rings is 1.